The van der Waals surface area contributed by atoms with Gasteiger partial charge in [0.05, 0.1) is 6.10 Å². The number of halogens is 1. The van der Waals surface area contributed by atoms with Gasteiger partial charge in [0.25, 0.3) is 0 Å². The summed E-state index contributed by atoms with van der Waals surface area (Å²) in [7, 11) is 0. The molecule has 0 aliphatic carbocycles. The molecule has 0 aliphatic heterocycles. The topological polar surface area (TPSA) is 84.6 Å². The number of amides is 1. The molecular weight excluding hydrogens is 324 g/mol. The molecule has 0 saturated carbocycles. The standard InChI is InChI=1S/C14H21BrN2O3/c1-14(2,3)20-13(19)17-12-7-10(15)5-4-9(12)6-11(18)8-16/h4-5,7,11,18H,6,8,16H2,1-3H3,(H,17,19). The van der Waals surface area contributed by atoms with Gasteiger partial charge in [-0.1, -0.05) is 22.0 Å². The van der Waals surface area contributed by atoms with Crippen molar-refractivity contribution in [2.45, 2.75) is 38.9 Å². The van der Waals surface area contributed by atoms with E-state index in [1.807, 2.05) is 12.1 Å². The van der Waals surface area contributed by atoms with Gasteiger partial charge in [-0.3, -0.25) is 5.32 Å². The van der Waals surface area contributed by atoms with Crippen LogP contribution in [0, 0.1) is 0 Å². The molecule has 20 heavy (non-hydrogen) atoms. The van der Waals surface area contributed by atoms with E-state index < -0.39 is 17.8 Å². The van der Waals surface area contributed by atoms with Crippen LogP contribution in [0.3, 0.4) is 0 Å². The minimum atomic E-state index is -0.643. The lowest BCUT2D eigenvalue weighted by Gasteiger charge is -2.21. The van der Waals surface area contributed by atoms with Crippen molar-refractivity contribution in [3.63, 3.8) is 0 Å². The lowest BCUT2D eigenvalue weighted by atomic mass is 10.1. The Kier molecular flexibility index (Phi) is 5.98. The summed E-state index contributed by atoms with van der Waals surface area (Å²) in [6, 6.07) is 5.44. The second kappa shape index (κ2) is 7.06. The molecule has 1 unspecified atom stereocenters. The smallest absolute Gasteiger partial charge is 0.412 e. The Hall–Kier alpha value is -1.11. The van der Waals surface area contributed by atoms with Crippen LogP contribution in [-0.2, 0) is 11.2 Å². The average molecular weight is 345 g/mol. The molecule has 0 spiro atoms. The van der Waals surface area contributed by atoms with Crippen molar-refractivity contribution in [2.75, 3.05) is 11.9 Å². The van der Waals surface area contributed by atoms with Gasteiger partial charge < -0.3 is 15.6 Å². The molecule has 0 aliphatic rings. The highest BCUT2D eigenvalue weighted by Crippen LogP contribution is 2.23. The van der Waals surface area contributed by atoms with Crippen LogP contribution >= 0.6 is 15.9 Å². The van der Waals surface area contributed by atoms with Gasteiger partial charge in [-0.05, 0) is 38.5 Å². The fourth-order valence-corrected chi connectivity index (χ4v) is 1.95. The van der Waals surface area contributed by atoms with Crippen LogP contribution in [0.4, 0.5) is 10.5 Å². The number of aliphatic hydroxyl groups excluding tert-OH is 1. The number of carbonyl (C=O) groups excluding carboxylic acids is 1. The van der Waals surface area contributed by atoms with Crippen molar-refractivity contribution in [3.05, 3.63) is 28.2 Å². The predicted molar refractivity (Wildman–Crippen MR) is 82.8 cm³/mol. The maximum Gasteiger partial charge on any atom is 0.412 e. The third kappa shape index (κ3) is 5.90. The van der Waals surface area contributed by atoms with Gasteiger partial charge >= 0.3 is 6.09 Å². The number of aliphatic hydroxyl groups is 1. The monoisotopic (exact) mass is 344 g/mol. The molecule has 0 aromatic heterocycles. The van der Waals surface area contributed by atoms with Crippen LogP contribution < -0.4 is 11.1 Å². The fraction of sp³-hybridized carbons (Fsp3) is 0.500. The summed E-state index contributed by atoms with van der Waals surface area (Å²) in [5.41, 5.74) is 6.25. The first kappa shape index (κ1) is 16.9. The quantitative estimate of drug-likeness (QED) is 0.783. The molecule has 5 nitrogen and oxygen atoms in total. The molecular formula is C14H21BrN2O3. The highest BCUT2D eigenvalue weighted by atomic mass is 79.9. The van der Waals surface area contributed by atoms with Crippen molar-refractivity contribution in [2.24, 2.45) is 5.73 Å². The molecule has 112 valence electrons. The summed E-state index contributed by atoms with van der Waals surface area (Å²) in [5.74, 6) is 0. The Bertz CT molecular complexity index is 472. The van der Waals surface area contributed by atoms with E-state index in [2.05, 4.69) is 21.2 Å². The fourth-order valence-electron chi connectivity index (χ4n) is 1.59. The Morgan fingerprint density at radius 2 is 2.15 bits per heavy atom. The van der Waals surface area contributed by atoms with Gasteiger partial charge in [0.15, 0.2) is 0 Å². The third-order valence-corrected chi connectivity index (χ3v) is 2.93. The van der Waals surface area contributed by atoms with Gasteiger partial charge in [0.1, 0.15) is 5.60 Å². The van der Waals surface area contributed by atoms with Gasteiger partial charge in [0.2, 0.25) is 0 Å². The molecule has 0 bridgehead atoms. The lowest BCUT2D eigenvalue weighted by molar-refractivity contribution is 0.0635. The minimum Gasteiger partial charge on any atom is -0.444 e. The SMILES string of the molecule is CC(C)(C)OC(=O)Nc1cc(Br)ccc1CC(O)CN. The zero-order valence-corrected chi connectivity index (χ0v) is 13.5. The number of hydrogen-bond acceptors (Lipinski definition) is 4. The second-order valence-electron chi connectivity index (χ2n) is 5.52. The van der Waals surface area contributed by atoms with Crippen molar-refractivity contribution in [1.82, 2.24) is 0 Å². The summed E-state index contributed by atoms with van der Waals surface area (Å²) in [6.45, 7) is 5.56. The summed E-state index contributed by atoms with van der Waals surface area (Å²) in [5, 5.41) is 12.3. The van der Waals surface area contributed by atoms with Crippen molar-refractivity contribution < 1.29 is 14.6 Å². The highest BCUT2D eigenvalue weighted by Gasteiger charge is 2.18. The number of hydrogen-bond donors (Lipinski definition) is 3. The van der Waals surface area contributed by atoms with Gasteiger partial charge in [-0.15, -0.1) is 0 Å². The van der Waals surface area contributed by atoms with E-state index in [1.54, 1.807) is 26.8 Å². The van der Waals surface area contributed by atoms with Crippen LogP contribution in [-0.4, -0.2) is 29.4 Å². The van der Waals surface area contributed by atoms with Crippen LogP contribution in [0.1, 0.15) is 26.3 Å². The zero-order valence-electron chi connectivity index (χ0n) is 11.9. The normalized spacial score (nSPS) is 12.9. The molecule has 0 radical (unpaired) electrons. The first-order chi connectivity index (χ1) is 9.21. The largest absolute Gasteiger partial charge is 0.444 e. The summed E-state index contributed by atoms with van der Waals surface area (Å²) >= 11 is 3.35. The first-order valence-corrected chi connectivity index (χ1v) is 7.17. The minimum absolute atomic E-state index is 0.169. The van der Waals surface area contributed by atoms with E-state index in [9.17, 15) is 9.90 Å². The average Bonchev–Trinajstić information content (AvgIpc) is 2.29. The molecule has 4 N–H and O–H groups in total. The molecule has 0 fully saturated rings. The molecule has 6 heteroatoms. The zero-order chi connectivity index (χ0) is 15.3. The van der Waals surface area contributed by atoms with Crippen LogP contribution in [0.5, 0.6) is 0 Å². The Morgan fingerprint density at radius 3 is 2.70 bits per heavy atom. The van der Waals surface area contributed by atoms with Gasteiger partial charge in [0, 0.05) is 23.1 Å². The molecule has 1 rings (SSSR count). The van der Waals surface area contributed by atoms with Crippen molar-refractivity contribution in [1.29, 1.82) is 0 Å². The molecule has 1 aromatic carbocycles. The predicted octanol–water partition coefficient (Wildman–Crippen LogP) is 2.66. The van der Waals surface area contributed by atoms with Crippen LogP contribution in [0.25, 0.3) is 0 Å². The Morgan fingerprint density at radius 1 is 1.50 bits per heavy atom. The van der Waals surface area contributed by atoms with Crippen molar-refractivity contribution in [3.8, 4) is 0 Å². The molecule has 1 atom stereocenters. The Balaban J connectivity index is 2.87. The van der Waals surface area contributed by atoms with Crippen LogP contribution in [0.15, 0.2) is 22.7 Å². The van der Waals surface area contributed by atoms with E-state index in [0.29, 0.717) is 12.1 Å². The number of benzene rings is 1. The molecule has 0 saturated heterocycles. The summed E-state index contributed by atoms with van der Waals surface area (Å²) in [6.07, 6.45) is -0.802. The van der Waals surface area contributed by atoms with Gasteiger partial charge in [-0.2, -0.15) is 0 Å². The molecule has 1 aromatic rings. The van der Waals surface area contributed by atoms with E-state index in [0.717, 1.165) is 10.0 Å². The van der Waals surface area contributed by atoms with E-state index in [4.69, 9.17) is 10.5 Å². The number of carbonyl (C=O) groups is 1. The summed E-state index contributed by atoms with van der Waals surface area (Å²) in [4.78, 5) is 11.8. The van der Waals surface area contributed by atoms with Gasteiger partial charge in [-0.25, -0.2) is 4.79 Å². The van der Waals surface area contributed by atoms with E-state index >= 15 is 0 Å². The first-order valence-electron chi connectivity index (χ1n) is 6.38. The maximum atomic E-state index is 11.8. The number of ether oxygens (including phenoxy) is 1. The third-order valence-electron chi connectivity index (χ3n) is 2.44. The number of nitrogens with two attached hydrogens (primary N) is 1. The number of nitrogens with one attached hydrogen (secondary N) is 1. The molecule has 1 amide bonds. The lowest BCUT2D eigenvalue weighted by Crippen LogP contribution is -2.28. The number of anilines is 1. The van der Waals surface area contributed by atoms with E-state index in [-0.39, 0.29) is 6.54 Å². The maximum absolute atomic E-state index is 11.8. The van der Waals surface area contributed by atoms with E-state index in [1.165, 1.54) is 0 Å². The second-order valence-corrected chi connectivity index (χ2v) is 6.44. The molecule has 0 heterocycles. The summed E-state index contributed by atoms with van der Waals surface area (Å²) < 4.78 is 6.04. The Labute approximate surface area is 127 Å². The number of rotatable bonds is 4. The highest BCUT2D eigenvalue weighted by molar-refractivity contribution is 9.10. The van der Waals surface area contributed by atoms with Crippen LogP contribution in [0.2, 0.25) is 0 Å². The van der Waals surface area contributed by atoms with Crippen molar-refractivity contribution >= 4 is 27.7 Å².